The average Bonchev–Trinajstić information content (AvgIpc) is 2.90. The highest BCUT2D eigenvalue weighted by atomic mass is 32.2. The number of thioether (sulfide) groups is 1. The van der Waals surface area contributed by atoms with E-state index in [1.807, 2.05) is 0 Å². The molecule has 0 bridgehead atoms. The van der Waals surface area contributed by atoms with Crippen LogP contribution < -0.4 is 4.74 Å². The molecule has 1 aliphatic rings. The summed E-state index contributed by atoms with van der Waals surface area (Å²) >= 11 is 0.879. The Kier molecular flexibility index (Phi) is 4.64. The number of carboxylic acids is 1. The number of hydrogen-bond acceptors (Lipinski definition) is 5. The van der Waals surface area contributed by atoms with Gasteiger partial charge in [0, 0.05) is 5.75 Å². The van der Waals surface area contributed by atoms with Gasteiger partial charge in [-0.1, -0.05) is 6.07 Å². The molecule has 10 heteroatoms. The second-order valence-corrected chi connectivity index (χ2v) is 5.79. The van der Waals surface area contributed by atoms with Crippen LogP contribution in [0.15, 0.2) is 18.2 Å². The van der Waals surface area contributed by atoms with E-state index >= 15 is 0 Å². The number of hydrogen-bond donors (Lipinski definition) is 2. The van der Waals surface area contributed by atoms with E-state index in [2.05, 4.69) is 0 Å². The molecule has 1 unspecified atom stereocenters. The molecule has 1 aromatic rings. The van der Waals surface area contributed by atoms with Crippen molar-refractivity contribution in [3.63, 3.8) is 0 Å². The molecule has 1 saturated heterocycles. The third kappa shape index (κ3) is 3.31. The van der Waals surface area contributed by atoms with Gasteiger partial charge in [0.1, 0.15) is 11.4 Å². The van der Waals surface area contributed by atoms with Gasteiger partial charge in [0.05, 0.1) is 7.11 Å². The molecule has 1 fully saturated rings. The first-order valence-corrected chi connectivity index (χ1v) is 7.32. The number of methoxy groups -OCH3 is 1. The van der Waals surface area contributed by atoms with Crippen molar-refractivity contribution in [2.24, 2.45) is 0 Å². The van der Waals surface area contributed by atoms with E-state index in [1.165, 1.54) is 19.2 Å². The van der Waals surface area contributed by atoms with Crippen LogP contribution in [-0.2, 0) is 9.59 Å². The van der Waals surface area contributed by atoms with Gasteiger partial charge < -0.3 is 19.8 Å². The summed E-state index contributed by atoms with van der Waals surface area (Å²) in [5.41, 5.74) is 0.176. The Balaban J connectivity index is 2.42. The molecular formula is C13H12F3NO5S. The fourth-order valence-electron chi connectivity index (χ4n) is 2.21. The van der Waals surface area contributed by atoms with Gasteiger partial charge in [-0.25, -0.2) is 4.79 Å². The van der Waals surface area contributed by atoms with Crippen LogP contribution in [0.1, 0.15) is 10.9 Å². The van der Waals surface area contributed by atoms with Crippen LogP contribution >= 0.6 is 11.8 Å². The number of benzene rings is 1. The molecule has 23 heavy (non-hydrogen) atoms. The van der Waals surface area contributed by atoms with Crippen molar-refractivity contribution in [3.05, 3.63) is 23.8 Å². The molecule has 2 rings (SSSR count). The summed E-state index contributed by atoms with van der Waals surface area (Å²) in [7, 11) is 1.30. The summed E-state index contributed by atoms with van der Waals surface area (Å²) in [6.07, 6.45) is -5.19. The first kappa shape index (κ1) is 17.3. The number of phenolic OH excluding ortho intramolecular Hbond substituents is 1. The topological polar surface area (TPSA) is 87.1 Å². The minimum Gasteiger partial charge on any atom is -0.504 e. The first-order chi connectivity index (χ1) is 10.7. The number of aromatic hydroxyl groups is 1. The molecule has 126 valence electrons. The fourth-order valence-corrected chi connectivity index (χ4v) is 3.62. The van der Waals surface area contributed by atoms with E-state index < -0.39 is 29.5 Å². The fraction of sp³-hybridized carbons (Fsp3) is 0.385. The zero-order valence-electron chi connectivity index (χ0n) is 11.7. The lowest BCUT2D eigenvalue weighted by Crippen LogP contribution is -2.48. The van der Waals surface area contributed by atoms with Crippen molar-refractivity contribution in [1.82, 2.24) is 4.90 Å². The normalized spacial score (nSPS) is 21.3. The van der Waals surface area contributed by atoms with E-state index in [0.29, 0.717) is 0 Å². The number of carbonyl (C=O) groups excluding carboxylic acids is 1. The Bertz CT molecular complexity index is 637. The largest absolute Gasteiger partial charge is 0.504 e. The van der Waals surface area contributed by atoms with Gasteiger partial charge in [-0.05, 0) is 17.7 Å². The summed E-state index contributed by atoms with van der Waals surface area (Å²) in [6, 6.07) is 2.26. The quantitative estimate of drug-likeness (QED) is 0.866. The van der Waals surface area contributed by atoms with Crippen LogP contribution in [0.25, 0.3) is 0 Å². The van der Waals surface area contributed by atoms with Crippen LogP contribution in [0.4, 0.5) is 13.2 Å². The van der Waals surface area contributed by atoms with E-state index in [9.17, 15) is 27.9 Å². The van der Waals surface area contributed by atoms with Crippen LogP contribution in [0.3, 0.4) is 0 Å². The van der Waals surface area contributed by atoms with Gasteiger partial charge in [-0.2, -0.15) is 13.2 Å². The second kappa shape index (κ2) is 6.19. The van der Waals surface area contributed by atoms with Crippen molar-refractivity contribution in [1.29, 1.82) is 0 Å². The van der Waals surface area contributed by atoms with Crippen molar-refractivity contribution < 1.29 is 37.7 Å². The number of phenols is 1. The van der Waals surface area contributed by atoms with E-state index in [-0.39, 0.29) is 27.7 Å². The molecular weight excluding hydrogens is 339 g/mol. The van der Waals surface area contributed by atoms with E-state index in [0.717, 1.165) is 17.8 Å². The molecule has 2 N–H and O–H groups in total. The maximum absolute atomic E-state index is 12.8. The number of aliphatic carboxylic acids is 1. The summed E-state index contributed by atoms with van der Waals surface area (Å²) < 4.78 is 43.1. The SMILES string of the molecule is COc1ccc(C2SC[C@@H](C(=O)O)N2C(=O)C(F)(F)F)cc1O. The summed E-state index contributed by atoms with van der Waals surface area (Å²) in [5.74, 6) is -4.14. The van der Waals surface area contributed by atoms with Gasteiger partial charge in [0.2, 0.25) is 0 Å². The molecule has 1 aliphatic heterocycles. The third-order valence-corrected chi connectivity index (χ3v) is 4.57. The van der Waals surface area contributed by atoms with Gasteiger partial charge in [0.25, 0.3) is 0 Å². The molecule has 1 amide bonds. The van der Waals surface area contributed by atoms with E-state index in [1.54, 1.807) is 0 Å². The zero-order valence-corrected chi connectivity index (χ0v) is 12.5. The molecule has 0 saturated carbocycles. The maximum Gasteiger partial charge on any atom is 0.471 e. The molecule has 6 nitrogen and oxygen atoms in total. The number of nitrogens with zero attached hydrogens (tertiary/aromatic N) is 1. The molecule has 0 aliphatic carbocycles. The number of amides is 1. The standard InChI is InChI=1S/C13H12F3NO5S/c1-22-9-3-2-6(4-8(9)18)10-17(12(21)13(14,15)16)7(5-23-10)11(19)20/h2-4,7,10,18H,5H2,1H3,(H,19,20)/t7-,10?/m0/s1. The van der Waals surface area contributed by atoms with Crippen molar-refractivity contribution in [2.45, 2.75) is 17.6 Å². The van der Waals surface area contributed by atoms with E-state index in [4.69, 9.17) is 9.84 Å². The maximum atomic E-state index is 12.8. The molecule has 0 aromatic heterocycles. The Hall–Kier alpha value is -2.10. The molecule has 2 atom stereocenters. The van der Waals surface area contributed by atoms with Crippen molar-refractivity contribution in [3.8, 4) is 11.5 Å². The highest BCUT2D eigenvalue weighted by Gasteiger charge is 2.52. The predicted octanol–water partition coefficient (Wildman–Crippen LogP) is 1.99. The number of carboxylic acid groups (broad SMARTS) is 1. The Labute approximate surface area is 132 Å². The second-order valence-electron chi connectivity index (χ2n) is 4.68. The van der Waals surface area contributed by atoms with Crippen LogP contribution in [0, 0.1) is 0 Å². The van der Waals surface area contributed by atoms with Gasteiger partial charge in [0.15, 0.2) is 11.5 Å². The highest BCUT2D eigenvalue weighted by Crippen LogP contribution is 2.45. The van der Waals surface area contributed by atoms with Gasteiger partial charge >= 0.3 is 18.1 Å². The molecule has 0 radical (unpaired) electrons. The summed E-state index contributed by atoms with van der Waals surface area (Å²) in [5, 5.41) is 17.6. The number of carbonyl (C=O) groups is 2. The van der Waals surface area contributed by atoms with Gasteiger partial charge in [-0.15, -0.1) is 11.8 Å². The zero-order chi connectivity index (χ0) is 17.4. The summed E-state index contributed by atoms with van der Waals surface area (Å²) in [4.78, 5) is 23.0. The number of rotatable bonds is 3. The first-order valence-electron chi connectivity index (χ1n) is 6.27. The number of halogens is 3. The lowest BCUT2D eigenvalue weighted by molar-refractivity contribution is -0.189. The molecule has 0 spiro atoms. The van der Waals surface area contributed by atoms with Crippen LogP contribution in [0.5, 0.6) is 11.5 Å². The monoisotopic (exact) mass is 351 g/mol. The lowest BCUT2D eigenvalue weighted by atomic mass is 10.1. The Morgan fingerprint density at radius 1 is 1.39 bits per heavy atom. The van der Waals surface area contributed by atoms with Gasteiger partial charge in [-0.3, -0.25) is 4.79 Å². The molecule has 1 aromatic carbocycles. The smallest absolute Gasteiger partial charge is 0.471 e. The number of ether oxygens (including phenoxy) is 1. The summed E-state index contributed by atoms with van der Waals surface area (Å²) in [6.45, 7) is 0. The molecule has 1 heterocycles. The Morgan fingerprint density at radius 3 is 2.52 bits per heavy atom. The van der Waals surface area contributed by atoms with Crippen LogP contribution in [-0.4, -0.2) is 52.1 Å². The predicted molar refractivity (Wildman–Crippen MR) is 74.2 cm³/mol. The number of alkyl halides is 3. The lowest BCUT2D eigenvalue weighted by Gasteiger charge is -2.28. The van der Waals surface area contributed by atoms with Crippen LogP contribution in [0.2, 0.25) is 0 Å². The van der Waals surface area contributed by atoms with Crippen molar-refractivity contribution >= 4 is 23.6 Å². The highest BCUT2D eigenvalue weighted by molar-refractivity contribution is 7.99. The third-order valence-electron chi connectivity index (χ3n) is 3.25. The average molecular weight is 351 g/mol. The Morgan fingerprint density at radius 2 is 2.04 bits per heavy atom. The minimum atomic E-state index is -5.19. The minimum absolute atomic E-state index is 0.111. The van der Waals surface area contributed by atoms with Crippen molar-refractivity contribution in [2.75, 3.05) is 12.9 Å².